The van der Waals surface area contributed by atoms with Crippen molar-refractivity contribution >= 4 is 47.4 Å². The summed E-state index contributed by atoms with van der Waals surface area (Å²) in [4.78, 5) is 46.3. The van der Waals surface area contributed by atoms with Gasteiger partial charge in [-0.15, -0.1) is 23.5 Å². The predicted octanol–water partition coefficient (Wildman–Crippen LogP) is 0.231. The van der Waals surface area contributed by atoms with E-state index in [0.717, 1.165) is 30.6 Å². The number of hydrogen-bond donors (Lipinski definition) is 0. The summed E-state index contributed by atoms with van der Waals surface area (Å²) in [6.07, 6.45) is -0.376. The monoisotopic (exact) mass is 354 g/mol. The van der Waals surface area contributed by atoms with Crippen LogP contribution in [-0.4, -0.2) is 67.9 Å². The zero-order valence-corrected chi connectivity index (χ0v) is 14.3. The summed E-state index contributed by atoms with van der Waals surface area (Å²) in [7, 11) is 4.71. The molecule has 0 aromatic rings. The van der Waals surface area contributed by atoms with E-state index >= 15 is 0 Å². The molecule has 10 heteroatoms. The molecule has 0 saturated carbocycles. The first kappa shape index (κ1) is 20.6. The van der Waals surface area contributed by atoms with E-state index in [2.05, 4.69) is 14.2 Å². The highest BCUT2D eigenvalue weighted by atomic mass is 32.2. The molecule has 0 fully saturated rings. The van der Waals surface area contributed by atoms with Gasteiger partial charge in [-0.2, -0.15) is 0 Å². The Morgan fingerprint density at radius 2 is 1.14 bits per heavy atom. The number of carbonyl (C=O) groups excluding carboxylic acids is 4. The van der Waals surface area contributed by atoms with Crippen LogP contribution in [0.15, 0.2) is 0 Å². The van der Waals surface area contributed by atoms with E-state index in [9.17, 15) is 19.2 Å². The third-order valence-electron chi connectivity index (χ3n) is 2.40. The van der Waals surface area contributed by atoms with Gasteiger partial charge in [0, 0.05) is 0 Å². The number of hydrogen-bond acceptors (Lipinski definition) is 10. The third-order valence-corrected chi connectivity index (χ3v) is 5.42. The summed E-state index contributed by atoms with van der Waals surface area (Å²) in [6, 6.07) is 0. The Morgan fingerprint density at radius 1 is 0.727 bits per heavy atom. The van der Waals surface area contributed by atoms with Gasteiger partial charge in [0.15, 0.2) is 4.08 Å². The molecule has 0 atom stereocenters. The van der Waals surface area contributed by atoms with Crippen molar-refractivity contribution in [2.24, 2.45) is 0 Å². The van der Waals surface area contributed by atoms with Crippen molar-refractivity contribution in [3.05, 3.63) is 0 Å². The minimum atomic E-state index is -1.51. The number of thioether (sulfide) groups is 2. The van der Waals surface area contributed by atoms with Crippen molar-refractivity contribution in [2.75, 3.05) is 39.9 Å². The van der Waals surface area contributed by atoms with Crippen molar-refractivity contribution < 1.29 is 38.1 Å². The van der Waals surface area contributed by atoms with E-state index in [1.54, 1.807) is 0 Å². The quantitative estimate of drug-likeness (QED) is 0.324. The zero-order valence-electron chi connectivity index (χ0n) is 12.7. The van der Waals surface area contributed by atoms with Crippen LogP contribution in [0.1, 0.15) is 6.42 Å². The van der Waals surface area contributed by atoms with Crippen LogP contribution in [-0.2, 0) is 38.1 Å². The molecule has 0 aliphatic heterocycles. The van der Waals surface area contributed by atoms with Gasteiger partial charge >= 0.3 is 23.9 Å². The maximum atomic E-state index is 12.1. The molecule has 0 saturated heterocycles. The second-order valence-electron chi connectivity index (χ2n) is 3.73. The molecule has 0 radical (unpaired) electrons. The van der Waals surface area contributed by atoms with Crippen LogP contribution in [0.3, 0.4) is 0 Å². The second kappa shape index (κ2) is 10.3. The first-order chi connectivity index (χ1) is 10.3. The van der Waals surface area contributed by atoms with Crippen molar-refractivity contribution in [3.8, 4) is 0 Å². The topological polar surface area (TPSA) is 105 Å². The Morgan fingerprint density at radius 3 is 1.45 bits per heavy atom. The van der Waals surface area contributed by atoms with E-state index in [1.165, 1.54) is 21.3 Å². The summed E-state index contributed by atoms with van der Waals surface area (Å²) in [5, 5.41) is 0. The average molecular weight is 354 g/mol. The van der Waals surface area contributed by atoms with Crippen molar-refractivity contribution in [1.82, 2.24) is 0 Å². The molecule has 0 bridgehead atoms. The lowest BCUT2D eigenvalue weighted by Crippen LogP contribution is -2.38. The molecule has 0 spiro atoms. The summed E-state index contributed by atoms with van der Waals surface area (Å²) in [5.74, 6) is -3.00. The van der Waals surface area contributed by atoms with Crippen LogP contribution >= 0.6 is 23.5 Å². The zero-order chi connectivity index (χ0) is 17.2. The molecular weight excluding hydrogens is 336 g/mol. The lowest BCUT2D eigenvalue weighted by atomic mass is 10.3. The lowest BCUT2D eigenvalue weighted by molar-refractivity contribution is -0.147. The summed E-state index contributed by atoms with van der Waals surface area (Å²) < 4.78 is 16.8. The predicted molar refractivity (Wildman–Crippen MR) is 80.3 cm³/mol. The van der Waals surface area contributed by atoms with Gasteiger partial charge in [0.25, 0.3) is 0 Å². The highest BCUT2D eigenvalue weighted by Crippen LogP contribution is 2.42. The number of methoxy groups -OCH3 is 4. The van der Waals surface area contributed by atoms with Gasteiger partial charge in [0.2, 0.25) is 0 Å². The Balaban J connectivity index is 5.29. The molecule has 0 N–H and O–H groups in total. The highest BCUT2D eigenvalue weighted by Gasteiger charge is 2.44. The molecule has 0 heterocycles. The van der Waals surface area contributed by atoms with E-state index in [0.29, 0.717) is 0 Å². The average Bonchev–Trinajstić information content (AvgIpc) is 2.55. The van der Waals surface area contributed by atoms with E-state index in [4.69, 9.17) is 4.74 Å². The molecule has 0 aromatic heterocycles. The first-order valence-electron chi connectivity index (χ1n) is 5.92. The van der Waals surface area contributed by atoms with Gasteiger partial charge in [0.1, 0.15) is 0 Å². The third kappa shape index (κ3) is 6.56. The van der Waals surface area contributed by atoms with Crippen molar-refractivity contribution in [3.63, 3.8) is 0 Å². The molecule has 22 heavy (non-hydrogen) atoms. The summed E-state index contributed by atoms with van der Waals surface area (Å²) in [6.45, 7) is 0. The largest absolute Gasteiger partial charge is 0.469 e. The van der Waals surface area contributed by atoms with Crippen molar-refractivity contribution in [2.45, 2.75) is 10.5 Å². The summed E-state index contributed by atoms with van der Waals surface area (Å²) >= 11 is 1.67. The second-order valence-corrected chi connectivity index (χ2v) is 6.53. The fraction of sp³-hybridized carbons (Fsp3) is 0.667. The molecule has 0 amide bonds. The fourth-order valence-electron chi connectivity index (χ4n) is 1.22. The van der Waals surface area contributed by atoms with Gasteiger partial charge < -0.3 is 18.9 Å². The van der Waals surface area contributed by atoms with Gasteiger partial charge in [-0.05, 0) is 0 Å². The molecule has 8 nitrogen and oxygen atoms in total. The smallest absolute Gasteiger partial charge is 0.332 e. The molecule has 0 rings (SSSR count). The highest BCUT2D eigenvalue weighted by molar-refractivity contribution is 8.19. The molecule has 0 aromatic carbocycles. The van der Waals surface area contributed by atoms with Crippen LogP contribution in [0.5, 0.6) is 0 Å². The van der Waals surface area contributed by atoms with Crippen LogP contribution in [0, 0.1) is 0 Å². The summed E-state index contributed by atoms with van der Waals surface area (Å²) in [5.41, 5.74) is 0. The van der Waals surface area contributed by atoms with Gasteiger partial charge in [-0.25, -0.2) is 4.79 Å². The van der Waals surface area contributed by atoms with Crippen LogP contribution in [0.2, 0.25) is 0 Å². The molecular formula is C12H18O8S2. The van der Waals surface area contributed by atoms with E-state index < -0.39 is 28.0 Å². The number of ether oxygens (including phenoxy) is 4. The molecule has 0 aliphatic rings. The Kier molecular flexibility index (Phi) is 9.66. The van der Waals surface area contributed by atoms with Crippen molar-refractivity contribution in [1.29, 1.82) is 0 Å². The lowest BCUT2D eigenvalue weighted by Gasteiger charge is -2.28. The van der Waals surface area contributed by atoms with Crippen LogP contribution in [0.4, 0.5) is 0 Å². The van der Waals surface area contributed by atoms with Gasteiger partial charge in [-0.3, -0.25) is 14.4 Å². The van der Waals surface area contributed by atoms with Gasteiger partial charge in [-0.1, -0.05) is 0 Å². The van der Waals surface area contributed by atoms with Crippen LogP contribution < -0.4 is 0 Å². The number of esters is 4. The Labute approximate surface area is 136 Å². The minimum Gasteiger partial charge on any atom is -0.469 e. The Hall–Kier alpha value is -1.42. The number of rotatable bonds is 9. The van der Waals surface area contributed by atoms with E-state index in [1.807, 2.05) is 0 Å². The number of carbonyl (C=O) groups is 4. The van der Waals surface area contributed by atoms with E-state index in [-0.39, 0.29) is 17.9 Å². The first-order valence-corrected chi connectivity index (χ1v) is 7.89. The standard InChI is InChI=1S/C12H18O8S2/c1-17-8(13)5-12(11(16)20-4,21-6-9(14)18-2)22-7-10(15)19-3/h5-7H2,1-4H3. The molecule has 126 valence electrons. The molecule has 0 unspecified atom stereocenters. The Bertz CT molecular complexity index is 403. The SMILES string of the molecule is COC(=O)CSC(CC(=O)OC)(SCC(=O)OC)C(=O)OC. The van der Waals surface area contributed by atoms with Gasteiger partial charge in [0.05, 0.1) is 46.4 Å². The maximum absolute atomic E-state index is 12.1. The normalized spacial score (nSPS) is 10.5. The van der Waals surface area contributed by atoms with Crippen LogP contribution in [0.25, 0.3) is 0 Å². The molecule has 0 aliphatic carbocycles. The fourth-order valence-corrected chi connectivity index (χ4v) is 3.69. The maximum Gasteiger partial charge on any atom is 0.332 e. The minimum absolute atomic E-state index is 0.198.